The van der Waals surface area contributed by atoms with Crippen LogP contribution in [0.15, 0.2) is 0 Å². The minimum absolute atomic E-state index is 0. The molecule has 33 heteroatoms. The Bertz CT molecular complexity index is 162. The van der Waals surface area contributed by atoms with Crippen molar-refractivity contribution in [3.8, 4) is 0 Å². The molecule has 0 aromatic carbocycles. The Labute approximate surface area is 596 Å². The standard InChI is InChI=1S/7Al.12Ca.7H2O.7O.24H/h;;;;;;;;;;;;;;;;;;;7*1H2;;;;;;;;;;;;;;;;;;;;;;;;;;;;;;;/q7*+1;;;;;;;;;;;;;;;;;;;;;;;;;;;;;;;;;;;;;;;;;;;;;;;;;;/p-7. The van der Waals surface area contributed by atoms with E-state index in [0.717, 1.165) is 0 Å². The first-order chi connectivity index (χ1) is 9.90. The molecular formula is H31Al7Ca12O14. The molecule has 0 bridgehead atoms. The molecule has 0 aromatic heterocycles. The number of hydrogen-bond donors (Lipinski definition) is 7. The summed E-state index contributed by atoms with van der Waals surface area (Å²) in [5, 5.41) is 0. The van der Waals surface area contributed by atoms with Gasteiger partial charge in [-0.2, -0.15) is 0 Å². The van der Waals surface area contributed by atoms with Crippen molar-refractivity contribution < 1.29 is 55.7 Å². The first kappa shape index (κ1) is 125. The number of hydrogen-bond acceptors (Lipinski definition) is 7. The van der Waals surface area contributed by atoms with Crippen molar-refractivity contribution in [1.82, 2.24) is 0 Å². The van der Waals surface area contributed by atoms with Gasteiger partial charge in [-0.25, -0.2) is 0 Å². The van der Waals surface area contributed by atoms with E-state index < -0.39 is 108 Å². The summed E-state index contributed by atoms with van der Waals surface area (Å²) in [6.45, 7) is 0. The quantitative estimate of drug-likeness (QED) is 0.111. The van der Waals surface area contributed by atoms with Gasteiger partial charge in [0, 0.05) is 0 Å². The van der Waals surface area contributed by atoms with Gasteiger partial charge in [-0.1, -0.05) is 0 Å². The molecule has 0 rings (SSSR count). The van der Waals surface area contributed by atoms with Crippen LogP contribution < -0.4 is 0 Å². The van der Waals surface area contributed by atoms with Gasteiger partial charge < -0.3 is 0 Å². The molecule has 0 saturated carbocycles. The topological polar surface area (TPSA) is 261 Å². The summed E-state index contributed by atoms with van der Waals surface area (Å²) in [5.74, 6) is 0. The molecule has 0 heterocycles. The third-order valence-corrected chi connectivity index (χ3v) is 0. The van der Waals surface area contributed by atoms with Gasteiger partial charge in [0.25, 0.3) is 0 Å². The maximum atomic E-state index is 8.57. The van der Waals surface area contributed by atoms with Gasteiger partial charge in [0.2, 0.25) is 0 Å². The second-order valence-electron chi connectivity index (χ2n) is 0.738. The maximum absolute atomic E-state index is 8.57. The van der Waals surface area contributed by atoms with E-state index in [-0.39, 0.29) is 453 Å². The van der Waals surface area contributed by atoms with Crippen molar-refractivity contribution in [1.29, 1.82) is 0 Å². The summed E-state index contributed by atoms with van der Waals surface area (Å²) < 4.78 is 110. The second kappa shape index (κ2) is 200. The van der Waals surface area contributed by atoms with Crippen LogP contribution in [-0.4, -0.2) is 590 Å². The van der Waals surface area contributed by atoms with E-state index in [0.29, 0.717) is 0 Å². The molecule has 160 valence electrons. The van der Waals surface area contributed by atoms with Crippen LogP contribution in [0.5, 0.6) is 0 Å². The SMILES string of the molecule is [CaH2].[CaH2].[CaH2].[CaH2].[CaH2].[CaH2].[CaH2].[CaH2].[CaH2].[CaH2].[CaH2].[CaH2].[O]=[Al][OH].[O]=[Al][OH].[O]=[Al][OH].[O]=[Al][OH].[O]=[Al][OH].[O]=[Al][OH].[O]=[Al][OH]. The van der Waals surface area contributed by atoms with E-state index in [9.17, 15) is 0 Å². The van der Waals surface area contributed by atoms with E-state index in [1.165, 1.54) is 0 Å². The van der Waals surface area contributed by atoms with Crippen LogP contribution in [0.2, 0.25) is 0 Å². The fourth-order valence-electron chi connectivity index (χ4n) is 0. The molecule has 0 atom stereocenters. The molecule has 33 heavy (non-hydrogen) atoms. The molecule has 0 aromatic rings. The van der Waals surface area contributed by atoms with E-state index in [2.05, 4.69) is 0 Å². The van der Waals surface area contributed by atoms with Gasteiger partial charge in [-0.05, 0) is 0 Å². The van der Waals surface area contributed by atoms with Gasteiger partial charge >= 0.3 is 617 Å². The summed E-state index contributed by atoms with van der Waals surface area (Å²) in [4.78, 5) is 0. The minimum atomic E-state index is -1.50. The normalized spacial score (nSPS) is 1.70. The zero-order valence-electron chi connectivity index (χ0n) is 10.0. The van der Waals surface area contributed by atoms with E-state index >= 15 is 0 Å². The van der Waals surface area contributed by atoms with Crippen molar-refractivity contribution in [3.63, 3.8) is 0 Å². The van der Waals surface area contributed by atoms with Gasteiger partial charge in [-0.3, -0.25) is 0 Å². The molecule has 7 N–H and O–H groups in total. The van der Waals surface area contributed by atoms with E-state index in [1.54, 1.807) is 0 Å². The van der Waals surface area contributed by atoms with Crippen LogP contribution in [0.4, 0.5) is 0 Å². The van der Waals surface area contributed by atoms with Crippen LogP contribution in [0.25, 0.3) is 0 Å². The second-order valence-corrected chi connectivity index (χ2v) is 2.21. The summed E-state index contributed by atoms with van der Waals surface area (Å²) >= 11 is -10.5. The molecule has 0 spiro atoms. The van der Waals surface area contributed by atoms with Crippen molar-refractivity contribution in [2.75, 3.05) is 0 Å². The van der Waals surface area contributed by atoms with Crippen LogP contribution in [0.3, 0.4) is 0 Å². The van der Waals surface area contributed by atoms with Gasteiger partial charge in [0.15, 0.2) is 0 Å². The summed E-state index contributed by atoms with van der Waals surface area (Å²) in [7, 11) is 0. The summed E-state index contributed by atoms with van der Waals surface area (Å²) in [6, 6.07) is 0. The van der Waals surface area contributed by atoms with E-state index in [4.69, 9.17) is 55.7 Å². The average Bonchev–Trinajstić information content (AvgIpc) is 2.35. The average molecular weight is 925 g/mol. The molecule has 0 radical (unpaired) electrons. The fraction of sp³-hybridized carbons (Fsp3) is 0. The Morgan fingerprint density at radius 2 is 0.212 bits per heavy atom. The molecule has 0 aliphatic rings. The first-order valence-corrected chi connectivity index (χ1v) is 10.4. The Morgan fingerprint density at radius 3 is 0.212 bits per heavy atom. The van der Waals surface area contributed by atoms with Crippen molar-refractivity contribution in [3.05, 3.63) is 0 Å². The predicted molar refractivity (Wildman–Crippen MR) is 163 cm³/mol. The van der Waals surface area contributed by atoms with Crippen LogP contribution >= 0.6 is 0 Å². The molecule has 0 aliphatic heterocycles. The molecule has 0 fully saturated rings. The van der Waals surface area contributed by atoms with Crippen LogP contribution in [0.1, 0.15) is 0 Å². The van der Waals surface area contributed by atoms with Crippen LogP contribution in [0, 0.1) is 0 Å². The molecular weight excluding hydrogens is 894 g/mol. The monoisotopic (exact) mass is 924 g/mol. The molecule has 14 nitrogen and oxygen atoms in total. The third kappa shape index (κ3) is 396. The molecule has 0 saturated heterocycles. The number of rotatable bonds is 0. The molecule has 0 amide bonds. The predicted octanol–water partition coefficient (Wildman–Crippen LogP) is -18.4. The van der Waals surface area contributed by atoms with Gasteiger partial charge in [0.1, 0.15) is 0 Å². The van der Waals surface area contributed by atoms with Crippen molar-refractivity contribution >= 4 is 561 Å². The Morgan fingerprint density at radius 1 is 0.212 bits per heavy atom. The fourth-order valence-corrected chi connectivity index (χ4v) is 0. The van der Waals surface area contributed by atoms with Crippen molar-refractivity contribution in [2.45, 2.75) is 0 Å². The summed E-state index contributed by atoms with van der Waals surface area (Å²) in [6.07, 6.45) is 0. The van der Waals surface area contributed by atoms with Crippen LogP contribution in [-0.2, 0) is 26.6 Å². The Kier molecular flexibility index (Phi) is 761. The Hall–Kier alpha value is 16.0. The zero-order valence-corrected chi connectivity index (χ0v) is 18.1. The molecule has 0 unspecified atom stereocenters. The van der Waals surface area contributed by atoms with Crippen molar-refractivity contribution in [2.24, 2.45) is 0 Å². The first-order valence-electron chi connectivity index (χ1n) is 3.46. The Balaban J connectivity index is -0.00000000384. The molecule has 0 aliphatic carbocycles. The summed E-state index contributed by atoms with van der Waals surface area (Å²) in [5.41, 5.74) is 0. The zero-order chi connectivity index (χ0) is 18.9. The van der Waals surface area contributed by atoms with Gasteiger partial charge in [0.05, 0.1) is 0 Å². The van der Waals surface area contributed by atoms with Gasteiger partial charge in [-0.15, -0.1) is 0 Å². The van der Waals surface area contributed by atoms with E-state index in [1.807, 2.05) is 0 Å². The third-order valence-electron chi connectivity index (χ3n) is 0.